The number of hydrogen-bond acceptors (Lipinski definition) is 3. The van der Waals surface area contributed by atoms with Crippen molar-refractivity contribution >= 4 is 11.6 Å². The lowest BCUT2D eigenvalue weighted by Gasteiger charge is -2.33. The Hall–Kier alpha value is -1.71. The standard InChI is InChI=1S/C16H24N2O2/c1-16(9-4-3-5-10-16)11-18-15(19)14-12(17)7-6-8-13(14)20-2/h6-8H,3-5,9-11,17H2,1-2H3,(H,18,19). The number of nitrogen functional groups attached to an aromatic ring is 1. The van der Waals surface area contributed by atoms with Gasteiger partial charge < -0.3 is 15.8 Å². The van der Waals surface area contributed by atoms with Crippen LogP contribution in [0.4, 0.5) is 5.69 Å². The van der Waals surface area contributed by atoms with Crippen LogP contribution in [0.5, 0.6) is 5.75 Å². The van der Waals surface area contributed by atoms with Gasteiger partial charge in [-0.25, -0.2) is 0 Å². The van der Waals surface area contributed by atoms with Crippen LogP contribution in [-0.4, -0.2) is 19.6 Å². The smallest absolute Gasteiger partial charge is 0.257 e. The fourth-order valence-corrected chi connectivity index (χ4v) is 2.93. The molecule has 1 aliphatic carbocycles. The molecule has 0 atom stereocenters. The summed E-state index contributed by atoms with van der Waals surface area (Å²) in [5.74, 6) is 0.378. The zero-order chi connectivity index (χ0) is 14.6. The van der Waals surface area contributed by atoms with Crippen molar-refractivity contribution < 1.29 is 9.53 Å². The summed E-state index contributed by atoms with van der Waals surface area (Å²) in [5, 5.41) is 3.03. The number of methoxy groups -OCH3 is 1. The summed E-state index contributed by atoms with van der Waals surface area (Å²) in [5.41, 5.74) is 7.01. The second kappa shape index (κ2) is 6.16. The zero-order valence-electron chi connectivity index (χ0n) is 12.4. The van der Waals surface area contributed by atoms with E-state index in [1.807, 2.05) is 0 Å². The van der Waals surface area contributed by atoms with Crippen molar-refractivity contribution in [3.8, 4) is 5.75 Å². The van der Waals surface area contributed by atoms with Gasteiger partial charge in [0.05, 0.1) is 7.11 Å². The number of rotatable bonds is 4. The molecule has 1 aliphatic rings. The molecule has 0 saturated heterocycles. The Kier molecular flexibility index (Phi) is 4.53. The van der Waals surface area contributed by atoms with Crippen LogP contribution in [-0.2, 0) is 0 Å². The molecule has 4 nitrogen and oxygen atoms in total. The van der Waals surface area contributed by atoms with Gasteiger partial charge in [0, 0.05) is 12.2 Å². The Balaban J connectivity index is 2.05. The SMILES string of the molecule is COc1cccc(N)c1C(=O)NCC1(C)CCCCC1. The van der Waals surface area contributed by atoms with E-state index in [9.17, 15) is 4.79 Å². The fraction of sp³-hybridized carbons (Fsp3) is 0.562. The van der Waals surface area contributed by atoms with Crippen LogP contribution in [0.3, 0.4) is 0 Å². The highest BCUT2D eigenvalue weighted by molar-refractivity contribution is 6.01. The van der Waals surface area contributed by atoms with E-state index in [0.29, 0.717) is 23.5 Å². The van der Waals surface area contributed by atoms with Crippen LogP contribution >= 0.6 is 0 Å². The third-order valence-electron chi connectivity index (χ3n) is 4.24. The summed E-state index contributed by atoms with van der Waals surface area (Å²) in [4.78, 5) is 12.4. The van der Waals surface area contributed by atoms with E-state index in [4.69, 9.17) is 10.5 Å². The van der Waals surface area contributed by atoms with E-state index in [2.05, 4.69) is 12.2 Å². The molecule has 2 rings (SSSR count). The number of amides is 1. The highest BCUT2D eigenvalue weighted by Gasteiger charge is 2.28. The maximum Gasteiger partial charge on any atom is 0.257 e. The molecule has 0 heterocycles. The van der Waals surface area contributed by atoms with Gasteiger partial charge in [0.1, 0.15) is 11.3 Å². The van der Waals surface area contributed by atoms with Crippen molar-refractivity contribution in [2.24, 2.45) is 5.41 Å². The van der Waals surface area contributed by atoms with Gasteiger partial charge in [-0.2, -0.15) is 0 Å². The van der Waals surface area contributed by atoms with Crippen molar-refractivity contribution in [2.45, 2.75) is 39.0 Å². The maximum absolute atomic E-state index is 12.4. The molecule has 0 aromatic heterocycles. The number of anilines is 1. The molecule has 0 radical (unpaired) electrons. The summed E-state index contributed by atoms with van der Waals surface area (Å²) in [7, 11) is 1.55. The monoisotopic (exact) mass is 276 g/mol. The predicted molar refractivity (Wildman–Crippen MR) is 80.9 cm³/mol. The largest absolute Gasteiger partial charge is 0.496 e. The van der Waals surface area contributed by atoms with Gasteiger partial charge in [0.2, 0.25) is 0 Å². The van der Waals surface area contributed by atoms with Gasteiger partial charge in [0.25, 0.3) is 5.91 Å². The van der Waals surface area contributed by atoms with E-state index in [0.717, 1.165) is 0 Å². The van der Waals surface area contributed by atoms with Crippen LogP contribution in [0.1, 0.15) is 49.4 Å². The Morgan fingerprint density at radius 2 is 2.05 bits per heavy atom. The lowest BCUT2D eigenvalue weighted by Crippen LogP contribution is -2.37. The summed E-state index contributed by atoms with van der Waals surface area (Å²) < 4.78 is 5.22. The third kappa shape index (κ3) is 3.24. The molecule has 1 amide bonds. The lowest BCUT2D eigenvalue weighted by molar-refractivity contribution is 0.0917. The predicted octanol–water partition coefficient (Wildman–Crippen LogP) is 2.98. The van der Waals surface area contributed by atoms with Gasteiger partial charge in [-0.15, -0.1) is 0 Å². The van der Waals surface area contributed by atoms with E-state index in [1.54, 1.807) is 25.3 Å². The second-order valence-electron chi connectivity index (χ2n) is 5.98. The number of benzene rings is 1. The van der Waals surface area contributed by atoms with Gasteiger partial charge in [-0.1, -0.05) is 32.3 Å². The van der Waals surface area contributed by atoms with Crippen LogP contribution < -0.4 is 15.8 Å². The summed E-state index contributed by atoms with van der Waals surface area (Å²) in [6, 6.07) is 5.26. The number of hydrogen-bond donors (Lipinski definition) is 2. The van der Waals surface area contributed by atoms with E-state index < -0.39 is 0 Å². The quantitative estimate of drug-likeness (QED) is 0.831. The van der Waals surface area contributed by atoms with E-state index in [-0.39, 0.29) is 11.3 Å². The molecule has 0 unspecified atom stereocenters. The molecule has 1 aromatic rings. The molecular weight excluding hydrogens is 252 g/mol. The summed E-state index contributed by atoms with van der Waals surface area (Å²) in [6.07, 6.45) is 6.17. The normalized spacial score (nSPS) is 17.5. The molecule has 110 valence electrons. The first-order valence-corrected chi connectivity index (χ1v) is 7.26. The number of nitrogens with one attached hydrogen (secondary N) is 1. The minimum Gasteiger partial charge on any atom is -0.496 e. The van der Waals surface area contributed by atoms with Crippen molar-refractivity contribution in [1.29, 1.82) is 0 Å². The van der Waals surface area contributed by atoms with Gasteiger partial charge in [-0.05, 0) is 30.4 Å². The summed E-state index contributed by atoms with van der Waals surface area (Å²) >= 11 is 0. The van der Waals surface area contributed by atoms with Crippen molar-refractivity contribution in [1.82, 2.24) is 5.32 Å². The number of ether oxygens (including phenoxy) is 1. The number of carbonyl (C=O) groups excluding carboxylic acids is 1. The topological polar surface area (TPSA) is 64.3 Å². The molecule has 0 bridgehead atoms. The molecule has 0 aliphatic heterocycles. The minimum atomic E-state index is -0.147. The average molecular weight is 276 g/mol. The first-order valence-electron chi connectivity index (χ1n) is 7.26. The van der Waals surface area contributed by atoms with Gasteiger partial charge in [-0.3, -0.25) is 4.79 Å². The minimum absolute atomic E-state index is 0.147. The van der Waals surface area contributed by atoms with Gasteiger partial charge >= 0.3 is 0 Å². The molecule has 20 heavy (non-hydrogen) atoms. The van der Waals surface area contributed by atoms with Crippen LogP contribution in [0.25, 0.3) is 0 Å². The van der Waals surface area contributed by atoms with E-state index >= 15 is 0 Å². The molecule has 3 N–H and O–H groups in total. The second-order valence-corrected chi connectivity index (χ2v) is 5.98. The zero-order valence-corrected chi connectivity index (χ0v) is 12.4. The maximum atomic E-state index is 12.4. The van der Waals surface area contributed by atoms with E-state index in [1.165, 1.54) is 32.1 Å². The number of nitrogens with two attached hydrogens (primary N) is 1. The highest BCUT2D eigenvalue weighted by atomic mass is 16.5. The Labute approximate surface area is 120 Å². The van der Waals surface area contributed by atoms with Crippen LogP contribution in [0.2, 0.25) is 0 Å². The van der Waals surface area contributed by atoms with Crippen molar-refractivity contribution in [3.05, 3.63) is 23.8 Å². The lowest BCUT2D eigenvalue weighted by atomic mass is 9.76. The highest BCUT2D eigenvalue weighted by Crippen LogP contribution is 2.35. The van der Waals surface area contributed by atoms with Crippen LogP contribution in [0.15, 0.2) is 18.2 Å². The molecular formula is C16H24N2O2. The first kappa shape index (κ1) is 14.7. The Morgan fingerprint density at radius 3 is 2.70 bits per heavy atom. The van der Waals surface area contributed by atoms with Gasteiger partial charge in [0.15, 0.2) is 0 Å². The van der Waals surface area contributed by atoms with Crippen molar-refractivity contribution in [2.75, 3.05) is 19.4 Å². The molecule has 1 saturated carbocycles. The molecule has 4 heteroatoms. The molecule has 0 spiro atoms. The Bertz CT molecular complexity index is 479. The Morgan fingerprint density at radius 1 is 1.35 bits per heavy atom. The third-order valence-corrected chi connectivity index (χ3v) is 4.24. The van der Waals surface area contributed by atoms with Crippen molar-refractivity contribution in [3.63, 3.8) is 0 Å². The molecule has 1 fully saturated rings. The first-order chi connectivity index (χ1) is 9.56. The van der Waals surface area contributed by atoms with Crippen LogP contribution in [0, 0.1) is 5.41 Å². The number of carbonyl (C=O) groups is 1. The average Bonchev–Trinajstić information content (AvgIpc) is 2.45. The summed E-state index contributed by atoms with van der Waals surface area (Å²) in [6.45, 7) is 2.95. The molecule has 1 aromatic carbocycles. The fourth-order valence-electron chi connectivity index (χ4n) is 2.93.